The van der Waals surface area contributed by atoms with Crippen molar-refractivity contribution in [1.82, 2.24) is 14.6 Å². The lowest BCUT2D eigenvalue weighted by Gasteiger charge is -2.27. The molecule has 1 saturated heterocycles. The molecular weight excluding hydrogens is 564 g/mol. The fourth-order valence-corrected chi connectivity index (χ4v) is 5.91. The predicted molar refractivity (Wildman–Crippen MR) is 148 cm³/mol. The first-order chi connectivity index (χ1) is 18.8. The number of aliphatic hydroxyl groups excluding tert-OH is 1. The number of fused-ring (bicyclic) bond motifs is 1. The van der Waals surface area contributed by atoms with Gasteiger partial charge in [0.1, 0.15) is 25.7 Å². The first kappa shape index (κ1) is 30.0. The van der Waals surface area contributed by atoms with Crippen molar-refractivity contribution >= 4 is 43.9 Å². The number of carbonyl (C=O) groups excluding carboxylic acids is 1. The number of carbonyl (C=O) groups is 1. The summed E-state index contributed by atoms with van der Waals surface area (Å²) in [4.78, 5) is 38.3. The van der Waals surface area contributed by atoms with Crippen molar-refractivity contribution in [3.63, 3.8) is 0 Å². The Balaban J connectivity index is 1.60. The second-order valence-corrected chi connectivity index (χ2v) is 11.9. The molecule has 0 spiro atoms. The van der Waals surface area contributed by atoms with E-state index in [4.69, 9.17) is 38.0 Å². The monoisotopic (exact) mass is 591 g/mol. The molecule has 1 aliphatic heterocycles. The third kappa shape index (κ3) is 6.51. The van der Waals surface area contributed by atoms with Crippen LogP contribution in [0.5, 0.6) is 5.75 Å². The maximum Gasteiger partial charge on any atom is 0.459 e. The minimum atomic E-state index is -4.37. The van der Waals surface area contributed by atoms with Gasteiger partial charge >= 0.3 is 19.4 Å². The summed E-state index contributed by atoms with van der Waals surface area (Å²) in [5.41, 5.74) is -1.52. The predicted octanol–water partition coefficient (Wildman–Crippen LogP) is 2.19. The fraction of sp³-hybridized carbons (Fsp3) is 0.400. The van der Waals surface area contributed by atoms with Gasteiger partial charge in [0.05, 0.1) is 23.6 Å². The largest absolute Gasteiger partial charge is 0.462 e. The van der Waals surface area contributed by atoms with Crippen LogP contribution in [-0.4, -0.2) is 64.2 Å². The SMILES string of the molecule is [B][C@]1(Cl)[C@H](O)[C@@H](COP(=O)(N[C@@H](C)C(=O)OC(C)C)Oc2cccc3ccccc23)O[C@H]1n1ccc(=O)[nH]c1=O. The molecule has 2 heterocycles. The minimum Gasteiger partial charge on any atom is -0.462 e. The molecule has 1 unspecified atom stereocenters. The van der Waals surface area contributed by atoms with Crippen molar-refractivity contribution in [3.8, 4) is 5.75 Å². The van der Waals surface area contributed by atoms with Gasteiger partial charge in [0, 0.05) is 17.6 Å². The van der Waals surface area contributed by atoms with Gasteiger partial charge in [-0.05, 0) is 32.2 Å². The fourth-order valence-electron chi connectivity index (χ4n) is 4.09. The highest BCUT2D eigenvalue weighted by Gasteiger charge is 2.53. The first-order valence-corrected chi connectivity index (χ1v) is 14.3. The van der Waals surface area contributed by atoms with Crippen LogP contribution in [0, 0.1) is 0 Å². The van der Waals surface area contributed by atoms with Gasteiger partial charge in [-0.25, -0.2) is 9.36 Å². The molecule has 6 atom stereocenters. The Kier molecular flexibility index (Phi) is 8.94. The van der Waals surface area contributed by atoms with Gasteiger partial charge in [0.25, 0.3) is 5.56 Å². The zero-order valence-electron chi connectivity index (χ0n) is 21.9. The summed E-state index contributed by atoms with van der Waals surface area (Å²) in [6.45, 7) is 4.18. The Hall–Kier alpha value is -2.93. The summed E-state index contributed by atoms with van der Waals surface area (Å²) in [6, 6.07) is 12.3. The average Bonchev–Trinajstić information content (AvgIpc) is 3.11. The summed E-state index contributed by atoms with van der Waals surface area (Å²) in [7, 11) is 1.72. The molecule has 4 rings (SSSR count). The van der Waals surface area contributed by atoms with E-state index in [1.807, 2.05) is 18.2 Å². The maximum absolute atomic E-state index is 14.0. The smallest absolute Gasteiger partial charge is 0.459 e. The highest BCUT2D eigenvalue weighted by Crippen LogP contribution is 2.48. The maximum atomic E-state index is 14.0. The van der Waals surface area contributed by atoms with Crippen LogP contribution in [0.3, 0.4) is 0 Å². The van der Waals surface area contributed by atoms with E-state index in [9.17, 15) is 24.1 Å². The minimum absolute atomic E-state index is 0.203. The summed E-state index contributed by atoms with van der Waals surface area (Å²) in [6.07, 6.45) is -3.65. The van der Waals surface area contributed by atoms with Crippen molar-refractivity contribution in [2.45, 2.75) is 56.1 Å². The number of benzene rings is 2. The topological polar surface area (TPSA) is 158 Å². The molecule has 0 aliphatic carbocycles. The van der Waals surface area contributed by atoms with Crippen LogP contribution >= 0.6 is 19.3 Å². The number of H-pyrrole nitrogens is 1. The molecule has 3 aromatic rings. The van der Waals surface area contributed by atoms with Gasteiger partial charge in [-0.1, -0.05) is 36.4 Å². The van der Waals surface area contributed by atoms with Gasteiger partial charge in [-0.3, -0.25) is 23.7 Å². The van der Waals surface area contributed by atoms with Gasteiger partial charge in [-0.15, -0.1) is 11.6 Å². The summed E-state index contributed by atoms with van der Waals surface area (Å²) < 4.78 is 35.3. The van der Waals surface area contributed by atoms with Crippen LogP contribution < -0.4 is 20.9 Å². The molecule has 1 aromatic heterocycles. The normalized spacial score (nSPS) is 25.0. The Bertz CT molecular complexity index is 1540. The molecule has 40 heavy (non-hydrogen) atoms. The van der Waals surface area contributed by atoms with Crippen LogP contribution in [-0.2, 0) is 23.4 Å². The highest BCUT2D eigenvalue weighted by molar-refractivity contribution is 7.52. The number of halogens is 1. The number of aliphatic hydroxyl groups is 1. The zero-order valence-corrected chi connectivity index (χ0v) is 23.5. The van der Waals surface area contributed by atoms with Crippen molar-refractivity contribution in [2.75, 3.05) is 6.61 Å². The molecule has 3 N–H and O–H groups in total. The molecule has 1 fully saturated rings. The number of nitrogens with one attached hydrogen (secondary N) is 2. The summed E-state index contributed by atoms with van der Waals surface area (Å²) >= 11 is 6.36. The Morgan fingerprint density at radius 1 is 1.23 bits per heavy atom. The standard InChI is InChI=1S/C25H28BClN3O9P/c1-14(2)37-22(33)15(3)29-40(35,39-18-10-6-8-16-7-4-5-9-17(16)18)36-13-19-21(32)25(26,27)23(38-19)30-12-11-20(31)28-24(30)34/h4-12,14-15,19,21,23,32H,13H2,1-3H3,(H,29,35)(H,28,31,34)/t15-,19+,21+,23+,25-,40?/m0/s1. The summed E-state index contributed by atoms with van der Waals surface area (Å²) in [5.74, 6) is -0.494. The number of alkyl halides is 1. The third-order valence-corrected chi connectivity index (χ3v) is 8.07. The molecule has 12 nitrogen and oxygen atoms in total. The van der Waals surface area contributed by atoms with E-state index < -0.39 is 66.9 Å². The molecule has 15 heteroatoms. The van der Waals surface area contributed by atoms with Gasteiger partial charge < -0.3 is 19.1 Å². The van der Waals surface area contributed by atoms with E-state index in [1.54, 1.807) is 38.1 Å². The van der Waals surface area contributed by atoms with Crippen LogP contribution in [0.25, 0.3) is 10.8 Å². The second-order valence-electron chi connectivity index (χ2n) is 9.51. The van der Waals surface area contributed by atoms with Crippen LogP contribution in [0.15, 0.2) is 64.3 Å². The molecule has 0 amide bonds. The van der Waals surface area contributed by atoms with Gasteiger partial charge in [-0.2, -0.15) is 5.09 Å². The van der Waals surface area contributed by atoms with Crippen LogP contribution in [0.1, 0.15) is 27.0 Å². The lowest BCUT2D eigenvalue weighted by molar-refractivity contribution is -0.149. The molecule has 0 saturated carbocycles. The molecule has 212 valence electrons. The zero-order chi connectivity index (χ0) is 29.2. The van der Waals surface area contributed by atoms with Crippen molar-refractivity contribution in [1.29, 1.82) is 0 Å². The van der Waals surface area contributed by atoms with E-state index in [1.165, 1.54) is 6.92 Å². The molecule has 2 aromatic carbocycles. The molecular formula is C25H28BClN3O9P. The number of aromatic nitrogens is 2. The number of ether oxygens (including phenoxy) is 2. The number of aromatic amines is 1. The Morgan fingerprint density at radius 2 is 1.93 bits per heavy atom. The quantitative estimate of drug-likeness (QED) is 0.138. The third-order valence-electron chi connectivity index (χ3n) is 6.03. The van der Waals surface area contributed by atoms with Crippen molar-refractivity contribution in [3.05, 3.63) is 75.6 Å². The van der Waals surface area contributed by atoms with E-state index in [2.05, 4.69) is 10.1 Å². The van der Waals surface area contributed by atoms with E-state index in [-0.39, 0.29) is 5.75 Å². The first-order valence-electron chi connectivity index (χ1n) is 12.3. The van der Waals surface area contributed by atoms with Crippen LogP contribution in [0.2, 0.25) is 0 Å². The summed E-state index contributed by atoms with van der Waals surface area (Å²) in [5, 5.41) is 14.8. The van der Waals surface area contributed by atoms with Crippen molar-refractivity contribution in [2.24, 2.45) is 0 Å². The Morgan fingerprint density at radius 3 is 2.62 bits per heavy atom. The van der Waals surface area contributed by atoms with E-state index >= 15 is 0 Å². The number of rotatable bonds is 10. The van der Waals surface area contributed by atoms with Gasteiger partial charge in [0.2, 0.25) is 0 Å². The Labute approximate surface area is 235 Å². The van der Waals surface area contributed by atoms with Gasteiger partial charge in [0.15, 0.2) is 6.23 Å². The molecule has 0 bridgehead atoms. The molecule has 2 radical (unpaired) electrons. The number of esters is 1. The number of nitrogens with zero attached hydrogens (tertiary/aromatic N) is 1. The average molecular weight is 592 g/mol. The lowest BCUT2D eigenvalue weighted by Crippen LogP contribution is -2.45. The number of hydrogen-bond donors (Lipinski definition) is 3. The van der Waals surface area contributed by atoms with E-state index in [0.717, 1.165) is 22.2 Å². The molecule has 1 aliphatic rings. The second kappa shape index (κ2) is 11.9. The van der Waals surface area contributed by atoms with Crippen LogP contribution in [0.4, 0.5) is 0 Å². The van der Waals surface area contributed by atoms with E-state index in [0.29, 0.717) is 5.39 Å². The van der Waals surface area contributed by atoms with Crippen molar-refractivity contribution < 1.29 is 33.0 Å². The number of hydrogen-bond acceptors (Lipinski definition) is 9. The lowest BCUT2D eigenvalue weighted by atomic mass is 9.79. The highest BCUT2D eigenvalue weighted by atomic mass is 35.5.